The van der Waals surface area contributed by atoms with Crippen LogP contribution in [-0.2, 0) is 0 Å². The standard InChI is InChI=1S/C12H24N2O/c13-5-6-14-8-10-2-1-3-11(9-14)12(10)4-7-15/h10-12,15H,1-9,13H2. The first-order valence-corrected chi connectivity index (χ1v) is 6.38. The van der Waals surface area contributed by atoms with Crippen LogP contribution in [0.1, 0.15) is 25.7 Å². The topological polar surface area (TPSA) is 49.5 Å². The number of nitrogens with two attached hydrogens (primary N) is 1. The fraction of sp³-hybridized carbons (Fsp3) is 1.00. The molecule has 88 valence electrons. The largest absolute Gasteiger partial charge is 0.396 e. The molecule has 2 bridgehead atoms. The molecule has 0 aromatic carbocycles. The van der Waals surface area contributed by atoms with Crippen LogP contribution >= 0.6 is 0 Å². The van der Waals surface area contributed by atoms with Crippen LogP contribution in [0.4, 0.5) is 0 Å². The van der Waals surface area contributed by atoms with Crippen LogP contribution < -0.4 is 5.73 Å². The van der Waals surface area contributed by atoms with Crippen molar-refractivity contribution >= 4 is 0 Å². The number of aliphatic hydroxyl groups is 1. The molecule has 0 amide bonds. The summed E-state index contributed by atoms with van der Waals surface area (Å²) in [7, 11) is 0. The summed E-state index contributed by atoms with van der Waals surface area (Å²) >= 11 is 0. The molecular formula is C12H24N2O. The van der Waals surface area contributed by atoms with Crippen molar-refractivity contribution in [3.05, 3.63) is 0 Å². The molecule has 0 aromatic rings. The van der Waals surface area contributed by atoms with E-state index in [0.29, 0.717) is 6.61 Å². The van der Waals surface area contributed by atoms with Gasteiger partial charge in [-0.25, -0.2) is 0 Å². The van der Waals surface area contributed by atoms with E-state index in [-0.39, 0.29) is 0 Å². The minimum Gasteiger partial charge on any atom is -0.396 e. The van der Waals surface area contributed by atoms with E-state index in [1.807, 2.05) is 0 Å². The van der Waals surface area contributed by atoms with Crippen molar-refractivity contribution in [2.24, 2.45) is 23.5 Å². The molecule has 0 radical (unpaired) electrons. The van der Waals surface area contributed by atoms with E-state index >= 15 is 0 Å². The Morgan fingerprint density at radius 3 is 2.40 bits per heavy atom. The van der Waals surface area contributed by atoms with E-state index in [2.05, 4.69) is 4.90 Å². The molecule has 3 nitrogen and oxygen atoms in total. The number of rotatable bonds is 4. The van der Waals surface area contributed by atoms with Crippen molar-refractivity contribution in [1.29, 1.82) is 0 Å². The van der Waals surface area contributed by atoms with Gasteiger partial charge >= 0.3 is 0 Å². The molecule has 2 aliphatic rings. The van der Waals surface area contributed by atoms with Gasteiger partial charge in [0.15, 0.2) is 0 Å². The number of nitrogens with zero attached hydrogens (tertiary/aromatic N) is 1. The number of hydrogen-bond acceptors (Lipinski definition) is 3. The summed E-state index contributed by atoms with van der Waals surface area (Å²) in [4.78, 5) is 2.53. The third-order valence-corrected chi connectivity index (χ3v) is 4.25. The third-order valence-electron chi connectivity index (χ3n) is 4.25. The predicted octanol–water partition coefficient (Wildman–Crippen LogP) is 0.676. The lowest BCUT2D eigenvalue weighted by atomic mass is 9.68. The lowest BCUT2D eigenvalue weighted by molar-refractivity contribution is 0.0121. The van der Waals surface area contributed by atoms with Crippen molar-refractivity contribution in [1.82, 2.24) is 4.90 Å². The van der Waals surface area contributed by atoms with Crippen LogP contribution in [0.5, 0.6) is 0 Å². The molecule has 0 spiro atoms. The number of likely N-dealkylation sites (tertiary alicyclic amines) is 1. The van der Waals surface area contributed by atoms with E-state index < -0.39 is 0 Å². The first kappa shape index (κ1) is 11.4. The van der Waals surface area contributed by atoms with Gasteiger partial charge < -0.3 is 15.7 Å². The average Bonchev–Trinajstić information content (AvgIpc) is 2.19. The maximum absolute atomic E-state index is 9.11. The molecule has 2 rings (SSSR count). The molecule has 2 fully saturated rings. The maximum atomic E-state index is 9.11. The van der Waals surface area contributed by atoms with Crippen LogP contribution in [0, 0.1) is 17.8 Å². The summed E-state index contributed by atoms with van der Waals surface area (Å²) in [5.74, 6) is 2.45. The normalized spacial score (nSPS) is 36.8. The van der Waals surface area contributed by atoms with Gasteiger partial charge in [0, 0.05) is 32.8 Å². The molecule has 0 aromatic heterocycles. The van der Waals surface area contributed by atoms with E-state index in [0.717, 1.165) is 37.3 Å². The van der Waals surface area contributed by atoms with E-state index in [9.17, 15) is 0 Å². The summed E-state index contributed by atoms with van der Waals surface area (Å²) in [6.45, 7) is 4.65. The van der Waals surface area contributed by atoms with Crippen molar-refractivity contribution in [2.45, 2.75) is 25.7 Å². The van der Waals surface area contributed by atoms with Crippen LogP contribution in [0.25, 0.3) is 0 Å². The molecule has 2 atom stereocenters. The highest BCUT2D eigenvalue weighted by Gasteiger charge is 2.38. The molecule has 3 heteroatoms. The van der Waals surface area contributed by atoms with Gasteiger partial charge in [0.05, 0.1) is 0 Å². The minimum absolute atomic E-state index is 0.370. The first-order chi connectivity index (χ1) is 7.35. The molecule has 1 aliphatic heterocycles. The Morgan fingerprint density at radius 1 is 1.20 bits per heavy atom. The van der Waals surface area contributed by atoms with E-state index in [4.69, 9.17) is 10.8 Å². The number of piperidine rings is 1. The average molecular weight is 212 g/mol. The van der Waals surface area contributed by atoms with Gasteiger partial charge in [-0.05, 0) is 37.0 Å². The van der Waals surface area contributed by atoms with Crippen molar-refractivity contribution in [3.8, 4) is 0 Å². The van der Waals surface area contributed by atoms with Crippen molar-refractivity contribution in [2.75, 3.05) is 32.8 Å². The predicted molar refractivity (Wildman–Crippen MR) is 61.5 cm³/mol. The Kier molecular flexibility index (Phi) is 4.00. The van der Waals surface area contributed by atoms with Gasteiger partial charge in [-0.3, -0.25) is 0 Å². The van der Waals surface area contributed by atoms with E-state index in [1.165, 1.54) is 32.4 Å². The quantitative estimate of drug-likeness (QED) is 0.720. The number of hydrogen-bond donors (Lipinski definition) is 2. The van der Waals surface area contributed by atoms with Gasteiger partial charge in [-0.2, -0.15) is 0 Å². The molecule has 1 heterocycles. The SMILES string of the molecule is NCCN1CC2CCCC(C1)C2CCO. The number of fused-ring (bicyclic) bond motifs is 2. The zero-order valence-electron chi connectivity index (χ0n) is 9.57. The smallest absolute Gasteiger partial charge is 0.0433 e. The lowest BCUT2D eigenvalue weighted by Gasteiger charge is -2.47. The zero-order chi connectivity index (χ0) is 10.7. The highest BCUT2D eigenvalue weighted by molar-refractivity contribution is 4.90. The molecule has 3 N–H and O–H groups in total. The van der Waals surface area contributed by atoms with Gasteiger partial charge in [0.2, 0.25) is 0 Å². The van der Waals surface area contributed by atoms with E-state index in [1.54, 1.807) is 0 Å². The molecule has 15 heavy (non-hydrogen) atoms. The molecular weight excluding hydrogens is 188 g/mol. The monoisotopic (exact) mass is 212 g/mol. The fourth-order valence-corrected chi connectivity index (χ4v) is 3.63. The van der Waals surface area contributed by atoms with Crippen LogP contribution in [-0.4, -0.2) is 42.8 Å². The van der Waals surface area contributed by atoms with Gasteiger partial charge in [-0.15, -0.1) is 0 Å². The van der Waals surface area contributed by atoms with Crippen LogP contribution in [0.2, 0.25) is 0 Å². The summed E-state index contributed by atoms with van der Waals surface area (Å²) < 4.78 is 0. The Labute approximate surface area is 92.6 Å². The molecule has 2 unspecified atom stereocenters. The highest BCUT2D eigenvalue weighted by atomic mass is 16.3. The second-order valence-electron chi connectivity index (χ2n) is 5.18. The van der Waals surface area contributed by atoms with Crippen LogP contribution in [0.15, 0.2) is 0 Å². The van der Waals surface area contributed by atoms with Crippen molar-refractivity contribution in [3.63, 3.8) is 0 Å². The summed E-state index contributed by atoms with van der Waals surface area (Å²) in [6, 6.07) is 0. The maximum Gasteiger partial charge on any atom is 0.0433 e. The Balaban J connectivity index is 1.95. The first-order valence-electron chi connectivity index (χ1n) is 6.38. The molecule has 1 aliphatic carbocycles. The second-order valence-corrected chi connectivity index (χ2v) is 5.18. The summed E-state index contributed by atoms with van der Waals surface area (Å²) in [5, 5.41) is 9.11. The van der Waals surface area contributed by atoms with Gasteiger partial charge in [0.25, 0.3) is 0 Å². The molecule has 1 saturated carbocycles. The highest BCUT2D eigenvalue weighted by Crippen LogP contribution is 2.41. The second kappa shape index (κ2) is 5.28. The van der Waals surface area contributed by atoms with Crippen molar-refractivity contribution < 1.29 is 5.11 Å². The fourth-order valence-electron chi connectivity index (χ4n) is 3.63. The summed E-state index contributed by atoms with van der Waals surface area (Å²) in [6.07, 6.45) is 5.14. The number of aliphatic hydroxyl groups excluding tert-OH is 1. The Bertz CT molecular complexity index is 184. The third kappa shape index (κ3) is 2.52. The van der Waals surface area contributed by atoms with Gasteiger partial charge in [0.1, 0.15) is 0 Å². The Morgan fingerprint density at radius 2 is 1.87 bits per heavy atom. The molecule has 1 saturated heterocycles. The van der Waals surface area contributed by atoms with Gasteiger partial charge in [-0.1, -0.05) is 6.42 Å². The lowest BCUT2D eigenvalue weighted by Crippen LogP contribution is -2.49. The minimum atomic E-state index is 0.370. The Hall–Kier alpha value is -0.120. The zero-order valence-corrected chi connectivity index (χ0v) is 9.57. The summed E-state index contributed by atoms with van der Waals surface area (Å²) in [5.41, 5.74) is 5.62. The van der Waals surface area contributed by atoms with Crippen LogP contribution in [0.3, 0.4) is 0 Å².